The lowest BCUT2D eigenvalue weighted by Crippen LogP contribution is -2.48. The first-order chi connectivity index (χ1) is 8.75. The number of rotatable bonds is 4. The quantitative estimate of drug-likeness (QED) is 0.807. The lowest BCUT2D eigenvalue weighted by Gasteiger charge is -2.16. The first-order valence-electron chi connectivity index (χ1n) is 4.89. The second-order valence-corrected chi connectivity index (χ2v) is 3.78. The molecule has 0 saturated heterocycles. The van der Waals surface area contributed by atoms with E-state index in [1.54, 1.807) is 0 Å². The van der Waals surface area contributed by atoms with Crippen LogP contribution in [-0.4, -0.2) is 41.2 Å². The molecule has 1 aromatic rings. The van der Waals surface area contributed by atoms with Gasteiger partial charge in [-0.25, -0.2) is 9.78 Å². The number of carbonyl (C=O) groups excluding carboxylic acids is 2. The maximum atomic E-state index is 12.1. The van der Waals surface area contributed by atoms with Crippen LogP contribution in [0.25, 0.3) is 0 Å². The van der Waals surface area contributed by atoms with E-state index in [-0.39, 0.29) is 17.3 Å². The Hall–Kier alpha value is -1.77. The topological polar surface area (TPSA) is 84.1 Å². The Morgan fingerprint density at radius 3 is 2.63 bits per heavy atom. The second kappa shape index (κ2) is 5.91. The molecule has 6 nitrogen and oxygen atoms in total. The largest absolute Gasteiger partial charge is 0.471 e. The van der Waals surface area contributed by atoms with E-state index in [0.717, 1.165) is 7.11 Å². The van der Waals surface area contributed by atoms with Gasteiger partial charge in [0.25, 0.3) is 0 Å². The van der Waals surface area contributed by atoms with E-state index in [9.17, 15) is 22.8 Å². The highest BCUT2D eigenvalue weighted by Crippen LogP contribution is 2.16. The fourth-order valence-electron chi connectivity index (χ4n) is 1.23. The van der Waals surface area contributed by atoms with Crippen LogP contribution in [0.4, 0.5) is 13.2 Å². The first kappa shape index (κ1) is 15.3. The maximum absolute atomic E-state index is 12.1. The molecule has 1 unspecified atom stereocenters. The third kappa shape index (κ3) is 4.12. The minimum Gasteiger partial charge on any atom is -0.467 e. The molecule has 106 valence electrons. The molecule has 1 heterocycles. The summed E-state index contributed by atoms with van der Waals surface area (Å²) in [7, 11) is 0.990. The Bertz CT molecular complexity index is 475. The molecule has 0 bridgehead atoms. The molecule has 0 saturated carbocycles. The molecule has 0 spiro atoms. The van der Waals surface area contributed by atoms with Crippen molar-refractivity contribution in [2.45, 2.75) is 18.6 Å². The van der Waals surface area contributed by atoms with Crippen LogP contribution in [0.5, 0.6) is 0 Å². The maximum Gasteiger partial charge on any atom is 0.471 e. The lowest BCUT2D eigenvalue weighted by atomic mass is 10.1. The molecular formula is C9H9ClF3N3O3. The standard InChI is InChI=1S/C9H9ClF3N3O3/c1-19-7(17)5(16-8(18)9(11,12)13)2-4-6(10)15-3-14-4/h3,5H,2H2,1H3,(H,14,15)(H,16,18). The van der Waals surface area contributed by atoms with Gasteiger partial charge < -0.3 is 15.0 Å². The molecule has 1 rings (SSSR count). The third-order valence-electron chi connectivity index (χ3n) is 2.12. The summed E-state index contributed by atoms with van der Waals surface area (Å²) in [6, 6.07) is -1.52. The molecule has 0 radical (unpaired) electrons. The number of nitrogens with one attached hydrogen (secondary N) is 2. The number of aromatic nitrogens is 2. The van der Waals surface area contributed by atoms with Crippen molar-refractivity contribution in [3.8, 4) is 0 Å². The van der Waals surface area contributed by atoms with Crippen molar-refractivity contribution in [3.05, 3.63) is 17.2 Å². The first-order valence-corrected chi connectivity index (χ1v) is 5.26. The molecule has 19 heavy (non-hydrogen) atoms. The van der Waals surface area contributed by atoms with Crippen molar-refractivity contribution >= 4 is 23.5 Å². The van der Waals surface area contributed by atoms with Crippen molar-refractivity contribution in [1.29, 1.82) is 0 Å². The minimum absolute atomic E-state index is 0.00448. The van der Waals surface area contributed by atoms with Crippen molar-refractivity contribution in [1.82, 2.24) is 15.3 Å². The van der Waals surface area contributed by atoms with Gasteiger partial charge >= 0.3 is 18.1 Å². The molecule has 10 heteroatoms. The molecule has 0 aromatic carbocycles. The summed E-state index contributed by atoms with van der Waals surface area (Å²) in [5.41, 5.74) is 0.208. The fourth-order valence-corrected chi connectivity index (χ4v) is 1.41. The number of imidazole rings is 1. The van der Waals surface area contributed by atoms with Crippen molar-refractivity contribution in [2.75, 3.05) is 7.11 Å². The van der Waals surface area contributed by atoms with E-state index in [2.05, 4.69) is 14.7 Å². The van der Waals surface area contributed by atoms with Crippen LogP contribution >= 0.6 is 11.6 Å². The number of nitrogens with zero attached hydrogens (tertiary/aromatic N) is 1. The van der Waals surface area contributed by atoms with Gasteiger partial charge in [0.15, 0.2) is 0 Å². The van der Waals surface area contributed by atoms with E-state index in [1.165, 1.54) is 11.6 Å². The van der Waals surface area contributed by atoms with Gasteiger partial charge in [0.05, 0.1) is 19.1 Å². The predicted molar refractivity (Wildman–Crippen MR) is 57.3 cm³/mol. The molecular weight excluding hydrogens is 291 g/mol. The Morgan fingerprint density at radius 1 is 1.58 bits per heavy atom. The van der Waals surface area contributed by atoms with Gasteiger partial charge in [-0.15, -0.1) is 0 Å². The number of amides is 1. The van der Waals surface area contributed by atoms with Gasteiger partial charge in [0, 0.05) is 6.42 Å². The molecule has 0 aliphatic carbocycles. The molecule has 1 aromatic heterocycles. The van der Waals surface area contributed by atoms with Crippen LogP contribution in [-0.2, 0) is 20.7 Å². The average molecular weight is 300 g/mol. The van der Waals surface area contributed by atoms with Crippen LogP contribution in [0.3, 0.4) is 0 Å². The van der Waals surface area contributed by atoms with Crippen LogP contribution < -0.4 is 5.32 Å². The van der Waals surface area contributed by atoms with Crippen molar-refractivity contribution < 1.29 is 27.5 Å². The molecule has 2 N–H and O–H groups in total. The average Bonchev–Trinajstić information content (AvgIpc) is 2.71. The fraction of sp³-hybridized carbons (Fsp3) is 0.444. The highest BCUT2D eigenvalue weighted by molar-refractivity contribution is 6.30. The van der Waals surface area contributed by atoms with Crippen LogP contribution in [0, 0.1) is 0 Å². The monoisotopic (exact) mass is 299 g/mol. The van der Waals surface area contributed by atoms with E-state index < -0.39 is 24.1 Å². The van der Waals surface area contributed by atoms with Gasteiger partial charge in [0.1, 0.15) is 11.2 Å². The number of carbonyl (C=O) groups is 2. The Kier molecular flexibility index (Phi) is 4.76. The summed E-state index contributed by atoms with van der Waals surface area (Å²) >= 11 is 5.63. The molecule has 1 atom stereocenters. The number of esters is 1. The summed E-state index contributed by atoms with van der Waals surface area (Å²) in [5, 5.41) is 1.52. The summed E-state index contributed by atoms with van der Waals surface area (Å²) in [6.07, 6.45) is -4.19. The van der Waals surface area contributed by atoms with E-state index in [1.807, 2.05) is 0 Å². The summed E-state index contributed by atoms with van der Waals surface area (Å²) in [5.74, 6) is -3.26. The summed E-state index contributed by atoms with van der Waals surface area (Å²) in [6.45, 7) is 0. The summed E-state index contributed by atoms with van der Waals surface area (Å²) in [4.78, 5) is 28.3. The number of hydrogen-bond acceptors (Lipinski definition) is 4. The number of H-pyrrole nitrogens is 1. The molecule has 1 amide bonds. The zero-order valence-corrected chi connectivity index (χ0v) is 10.3. The van der Waals surface area contributed by atoms with Crippen LogP contribution in [0.1, 0.15) is 5.69 Å². The van der Waals surface area contributed by atoms with Gasteiger partial charge in [-0.2, -0.15) is 13.2 Å². The van der Waals surface area contributed by atoms with Crippen molar-refractivity contribution in [3.63, 3.8) is 0 Å². The number of halogens is 4. The van der Waals surface area contributed by atoms with Crippen molar-refractivity contribution in [2.24, 2.45) is 0 Å². The number of methoxy groups -OCH3 is 1. The van der Waals surface area contributed by atoms with Crippen LogP contribution in [0.15, 0.2) is 6.33 Å². The predicted octanol–water partition coefficient (Wildman–Crippen LogP) is 0.826. The Labute approximate surface area is 110 Å². The van der Waals surface area contributed by atoms with Gasteiger partial charge in [-0.1, -0.05) is 11.6 Å². The number of aromatic amines is 1. The normalized spacial score (nSPS) is 12.9. The SMILES string of the molecule is COC(=O)C(Cc1[nH]cnc1Cl)NC(=O)C(F)(F)F. The minimum atomic E-state index is -5.09. The Morgan fingerprint density at radius 2 is 2.21 bits per heavy atom. The zero-order valence-electron chi connectivity index (χ0n) is 9.55. The van der Waals surface area contributed by atoms with E-state index in [4.69, 9.17) is 11.6 Å². The van der Waals surface area contributed by atoms with Gasteiger partial charge in [0.2, 0.25) is 0 Å². The second-order valence-electron chi connectivity index (χ2n) is 3.42. The van der Waals surface area contributed by atoms with E-state index >= 15 is 0 Å². The molecule has 0 aliphatic rings. The molecule has 0 fully saturated rings. The summed E-state index contributed by atoms with van der Waals surface area (Å²) < 4.78 is 40.7. The smallest absolute Gasteiger partial charge is 0.467 e. The molecule has 0 aliphatic heterocycles. The highest BCUT2D eigenvalue weighted by Gasteiger charge is 2.41. The third-order valence-corrected chi connectivity index (χ3v) is 2.45. The highest BCUT2D eigenvalue weighted by atomic mass is 35.5. The van der Waals surface area contributed by atoms with E-state index in [0.29, 0.717) is 0 Å². The number of ether oxygens (including phenoxy) is 1. The van der Waals surface area contributed by atoms with Crippen LogP contribution in [0.2, 0.25) is 5.15 Å². The van der Waals surface area contributed by atoms with Gasteiger partial charge in [-0.05, 0) is 0 Å². The lowest BCUT2D eigenvalue weighted by molar-refractivity contribution is -0.175. The number of alkyl halides is 3. The zero-order chi connectivity index (χ0) is 14.6. The Balaban J connectivity index is 2.82. The van der Waals surface area contributed by atoms with Gasteiger partial charge in [-0.3, -0.25) is 4.79 Å². The number of hydrogen-bond donors (Lipinski definition) is 2.